The zero-order chi connectivity index (χ0) is 16.4. The van der Waals surface area contributed by atoms with Crippen molar-refractivity contribution in [3.8, 4) is 17.6 Å². The van der Waals surface area contributed by atoms with Crippen molar-refractivity contribution in [3.05, 3.63) is 47.5 Å². The number of hydrogen-bond acceptors (Lipinski definition) is 5. The highest BCUT2D eigenvalue weighted by Gasteiger charge is 2.11. The summed E-state index contributed by atoms with van der Waals surface area (Å²) >= 11 is 5.89. The van der Waals surface area contributed by atoms with E-state index in [4.69, 9.17) is 31.2 Å². The minimum Gasteiger partial charge on any atom is -0.481 e. The van der Waals surface area contributed by atoms with Crippen molar-refractivity contribution in [2.24, 2.45) is 5.73 Å². The lowest BCUT2D eigenvalue weighted by Crippen LogP contribution is -2.30. The van der Waals surface area contributed by atoms with Gasteiger partial charge in [-0.3, -0.25) is 4.79 Å². The van der Waals surface area contributed by atoms with E-state index in [-0.39, 0.29) is 6.08 Å². The molecule has 7 heteroatoms. The molecule has 0 aliphatic heterocycles. The van der Waals surface area contributed by atoms with Crippen LogP contribution in [0.4, 0.5) is 0 Å². The Hall–Kier alpha value is -2.73. The second-order valence-corrected chi connectivity index (χ2v) is 5.26. The predicted molar refractivity (Wildman–Crippen MR) is 84.8 cm³/mol. The van der Waals surface area contributed by atoms with Crippen LogP contribution >= 0.6 is 11.6 Å². The van der Waals surface area contributed by atoms with E-state index in [9.17, 15) is 4.79 Å². The average molecular weight is 333 g/mol. The summed E-state index contributed by atoms with van der Waals surface area (Å²) in [6.07, 6.45) is -0.593. The van der Waals surface area contributed by atoms with E-state index >= 15 is 0 Å². The van der Waals surface area contributed by atoms with Crippen LogP contribution in [0.3, 0.4) is 0 Å². The van der Waals surface area contributed by atoms with E-state index < -0.39 is 12.0 Å². The van der Waals surface area contributed by atoms with E-state index in [1.165, 1.54) is 0 Å². The summed E-state index contributed by atoms with van der Waals surface area (Å²) in [7, 11) is 0. The third-order valence-corrected chi connectivity index (χ3v) is 3.31. The molecule has 0 unspecified atom stereocenters. The number of carbonyl (C=O) groups excluding carboxylic acids is 1. The summed E-state index contributed by atoms with van der Waals surface area (Å²) in [5, 5.41) is 0.560. The van der Waals surface area contributed by atoms with Gasteiger partial charge in [-0.05, 0) is 43.3 Å². The van der Waals surface area contributed by atoms with E-state index in [0.29, 0.717) is 27.6 Å². The lowest BCUT2D eigenvalue weighted by atomic mass is 10.3. The van der Waals surface area contributed by atoms with Crippen molar-refractivity contribution < 1.29 is 18.7 Å². The van der Waals surface area contributed by atoms with Gasteiger partial charge in [-0.15, -0.1) is 0 Å². The second-order valence-electron chi connectivity index (χ2n) is 4.83. The highest BCUT2D eigenvalue weighted by Crippen LogP contribution is 2.28. The lowest BCUT2D eigenvalue weighted by molar-refractivity contribution is -0.123. The molecular formula is C16H13ClN2O4. The molecule has 2 aromatic carbocycles. The summed E-state index contributed by atoms with van der Waals surface area (Å²) in [5.41, 5.74) is 6.34. The summed E-state index contributed by atoms with van der Waals surface area (Å²) in [5.74, 6) is 0.491. The molecule has 0 spiro atoms. The standard InChI is InChI=1S/C16H13ClN2O4/c1-9(15(18)20)21-11-3-5-12(6-4-11)22-16-19-13-7-2-10(17)8-14(13)23-16/h2-9H,1H3,(H2,18,20)/t9-/m1/s1. The van der Waals surface area contributed by atoms with Gasteiger partial charge in [0.05, 0.1) is 0 Å². The van der Waals surface area contributed by atoms with Crippen molar-refractivity contribution in [1.82, 2.24) is 4.98 Å². The smallest absolute Gasteiger partial charge is 0.400 e. The van der Waals surface area contributed by atoms with Gasteiger partial charge >= 0.3 is 6.08 Å². The molecule has 3 rings (SSSR count). The number of amides is 1. The van der Waals surface area contributed by atoms with Gasteiger partial charge in [0, 0.05) is 11.1 Å². The maximum Gasteiger partial charge on any atom is 0.400 e. The van der Waals surface area contributed by atoms with Crippen LogP contribution in [0.1, 0.15) is 6.92 Å². The molecule has 0 aliphatic rings. The molecule has 23 heavy (non-hydrogen) atoms. The molecule has 6 nitrogen and oxygen atoms in total. The molecule has 1 atom stereocenters. The second kappa shape index (κ2) is 6.18. The number of primary amides is 1. The number of hydrogen-bond donors (Lipinski definition) is 1. The number of nitrogens with two attached hydrogens (primary N) is 1. The first-order valence-corrected chi connectivity index (χ1v) is 7.19. The van der Waals surface area contributed by atoms with Gasteiger partial charge in [-0.25, -0.2) is 0 Å². The number of aromatic nitrogens is 1. The van der Waals surface area contributed by atoms with Gasteiger partial charge in [0.1, 0.15) is 17.0 Å². The molecule has 0 radical (unpaired) electrons. The minimum absolute atomic E-state index is 0.112. The van der Waals surface area contributed by atoms with Crippen LogP contribution < -0.4 is 15.2 Å². The zero-order valence-corrected chi connectivity index (χ0v) is 12.9. The van der Waals surface area contributed by atoms with E-state index in [1.54, 1.807) is 49.4 Å². The Kier molecular flexibility index (Phi) is 4.08. The molecule has 3 aromatic rings. The van der Waals surface area contributed by atoms with E-state index in [0.717, 1.165) is 0 Å². The maximum atomic E-state index is 11.0. The molecule has 1 heterocycles. The van der Waals surface area contributed by atoms with Crippen LogP contribution in [0.2, 0.25) is 5.02 Å². The van der Waals surface area contributed by atoms with Gasteiger partial charge in [0.15, 0.2) is 11.7 Å². The number of rotatable bonds is 5. The highest BCUT2D eigenvalue weighted by atomic mass is 35.5. The first-order valence-electron chi connectivity index (χ1n) is 6.81. The van der Waals surface area contributed by atoms with Crippen LogP contribution in [0.15, 0.2) is 46.9 Å². The number of oxazole rings is 1. The number of nitrogens with zero attached hydrogens (tertiary/aromatic N) is 1. The van der Waals surface area contributed by atoms with Crippen LogP contribution in [0.5, 0.6) is 17.6 Å². The Labute approximate surface area is 136 Å². The Morgan fingerprint density at radius 3 is 2.61 bits per heavy atom. The van der Waals surface area contributed by atoms with Crippen molar-refractivity contribution in [2.45, 2.75) is 13.0 Å². The molecule has 0 bridgehead atoms. The molecule has 2 N–H and O–H groups in total. The monoisotopic (exact) mass is 332 g/mol. The molecule has 0 saturated carbocycles. The van der Waals surface area contributed by atoms with Crippen molar-refractivity contribution >= 4 is 28.6 Å². The fourth-order valence-electron chi connectivity index (χ4n) is 1.87. The highest BCUT2D eigenvalue weighted by molar-refractivity contribution is 6.31. The van der Waals surface area contributed by atoms with Crippen LogP contribution in [0.25, 0.3) is 11.1 Å². The van der Waals surface area contributed by atoms with Gasteiger partial charge < -0.3 is 19.6 Å². The van der Waals surface area contributed by atoms with Crippen molar-refractivity contribution in [3.63, 3.8) is 0 Å². The minimum atomic E-state index is -0.705. The lowest BCUT2D eigenvalue weighted by Gasteiger charge is -2.11. The largest absolute Gasteiger partial charge is 0.481 e. The fourth-order valence-corrected chi connectivity index (χ4v) is 2.03. The molecule has 0 saturated heterocycles. The van der Waals surface area contributed by atoms with Crippen LogP contribution in [-0.2, 0) is 4.79 Å². The Morgan fingerprint density at radius 2 is 1.91 bits per heavy atom. The fraction of sp³-hybridized carbons (Fsp3) is 0.125. The third-order valence-electron chi connectivity index (χ3n) is 3.07. The topological polar surface area (TPSA) is 87.6 Å². The first kappa shape index (κ1) is 15.2. The Bertz CT molecular complexity index is 845. The van der Waals surface area contributed by atoms with E-state index in [2.05, 4.69) is 4.98 Å². The van der Waals surface area contributed by atoms with Crippen LogP contribution in [0, 0.1) is 0 Å². The summed E-state index contributed by atoms with van der Waals surface area (Å²) < 4.78 is 16.4. The Morgan fingerprint density at radius 1 is 1.22 bits per heavy atom. The molecule has 0 aliphatic carbocycles. The van der Waals surface area contributed by atoms with Gasteiger partial charge in [-0.2, -0.15) is 4.98 Å². The van der Waals surface area contributed by atoms with Crippen molar-refractivity contribution in [1.29, 1.82) is 0 Å². The molecule has 118 valence electrons. The van der Waals surface area contributed by atoms with Gasteiger partial charge in [0.2, 0.25) is 0 Å². The van der Waals surface area contributed by atoms with E-state index in [1.807, 2.05) is 0 Å². The van der Waals surface area contributed by atoms with Gasteiger partial charge in [-0.1, -0.05) is 11.6 Å². The number of ether oxygens (including phenoxy) is 2. The SMILES string of the molecule is C[C@@H](Oc1ccc(Oc2nc3ccc(Cl)cc3o2)cc1)C(N)=O. The van der Waals surface area contributed by atoms with Crippen molar-refractivity contribution in [2.75, 3.05) is 0 Å². The summed E-state index contributed by atoms with van der Waals surface area (Å²) in [6, 6.07) is 11.8. The summed E-state index contributed by atoms with van der Waals surface area (Å²) in [6.45, 7) is 1.58. The van der Waals surface area contributed by atoms with Gasteiger partial charge in [0.25, 0.3) is 5.91 Å². The normalized spacial score (nSPS) is 12.1. The molecule has 0 fully saturated rings. The van der Waals surface area contributed by atoms with Crippen LogP contribution in [-0.4, -0.2) is 17.0 Å². The summed E-state index contributed by atoms with van der Waals surface area (Å²) in [4.78, 5) is 15.2. The third kappa shape index (κ3) is 3.54. The first-order chi connectivity index (χ1) is 11.0. The maximum absolute atomic E-state index is 11.0. The molecule has 1 amide bonds. The number of fused-ring (bicyclic) bond motifs is 1. The average Bonchev–Trinajstić information content (AvgIpc) is 2.90. The number of halogens is 1. The predicted octanol–water partition coefficient (Wildman–Crippen LogP) is 3.53. The Balaban J connectivity index is 1.73. The number of benzene rings is 2. The molecule has 1 aromatic heterocycles. The number of carbonyl (C=O) groups is 1. The molecular weight excluding hydrogens is 320 g/mol. The quantitative estimate of drug-likeness (QED) is 0.772. The zero-order valence-electron chi connectivity index (χ0n) is 12.2.